The second-order valence-corrected chi connectivity index (χ2v) is 9.56. The van der Waals surface area contributed by atoms with Gasteiger partial charge >= 0.3 is 18.2 Å². The van der Waals surface area contributed by atoms with Crippen LogP contribution in [0.2, 0.25) is 0 Å². The maximum Gasteiger partial charge on any atom is 0.407 e. The van der Waals surface area contributed by atoms with Crippen molar-refractivity contribution in [1.29, 1.82) is 0 Å². The van der Waals surface area contributed by atoms with Gasteiger partial charge in [0.25, 0.3) is 0 Å². The van der Waals surface area contributed by atoms with E-state index in [-0.39, 0.29) is 18.1 Å². The van der Waals surface area contributed by atoms with Crippen LogP contribution in [0.15, 0.2) is 0 Å². The van der Waals surface area contributed by atoms with Crippen LogP contribution in [0.5, 0.6) is 0 Å². The molecule has 4 N–H and O–H groups in total. The van der Waals surface area contributed by atoms with Crippen LogP contribution < -0.4 is 21.3 Å². The first-order valence-electron chi connectivity index (χ1n) is 10.7. The van der Waals surface area contributed by atoms with Crippen LogP contribution in [0.3, 0.4) is 0 Å². The second kappa shape index (κ2) is 13.2. The summed E-state index contributed by atoms with van der Waals surface area (Å²) in [6.45, 7) is 15.7. The van der Waals surface area contributed by atoms with Gasteiger partial charge in [-0.3, -0.25) is 0 Å². The minimum atomic E-state index is -0.514. The molecule has 0 aliphatic heterocycles. The summed E-state index contributed by atoms with van der Waals surface area (Å²) in [5.41, 5.74) is -1.03. The number of carbonyl (C=O) groups excluding carboxylic acids is 3. The van der Waals surface area contributed by atoms with Gasteiger partial charge in [0.15, 0.2) is 0 Å². The monoisotopic (exact) mass is 430 g/mol. The predicted octanol–water partition coefficient (Wildman–Crippen LogP) is 3.67. The van der Waals surface area contributed by atoms with Gasteiger partial charge in [0.2, 0.25) is 0 Å². The number of hydrogen-bond acceptors (Lipinski definition) is 5. The van der Waals surface area contributed by atoms with Crippen molar-refractivity contribution in [2.75, 3.05) is 13.1 Å². The van der Waals surface area contributed by atoms with Gasteiger partial charge in [0, 0.05) is 25.2 Å². The molecule has 0 aromatic heterocycles. The zero-order chi connectivity index (χ0) is 23.4. The summed E-state index contributed by atoms with van der Waals surface area (Å²) in [6, 6.07) is -0.270. The summed E-state index contributed by atoms with van der Waals surface area (Å²) >= 11 is 0. The first kappa shape index (κ1) is 27.8. The van der Waals surface area contributed by atoms with Crippen molar-refractivity contribution < 1.29 is 23.9 Å². The Morgan fingerprint density at radius 2 is 1.03 bits per heavy atom. The molecule has 0 aromatic carbocycles. The molecular formula is C21H42N4O5. The number of hydrogen-bond donors (Lipinski definition) is 4. The molecule has 0 spiro atoms. The summed E-state index contributed by atoms with van der Waals surface area (Å²) in [6.07, 6.45) is 2.06. The topological polar surface area (TPSA) is 118 Å². The van der Waals surface area contributed by atoms with E-state index in [1.165, 1.54) is 0 Å². The standard InChI is InChI=1S/C21H42N4O5/c1-15(11-9-13-22-18(27)29-20(3,4)5)24-17(26)25-16(2)12-10-14-23-19(28)30-21(6,7)8/h15-16H,9-14H2,1-8H3,(H,22,27)(H,23,28)(H2,24,25,26). The summed E-state index contributed by atoms with van der Waals surface area (Å²) in [4.78, 5) is 35.2. The fraction of sp³-hybridized carbons (Fsp3) is 0.857. The van der Waals surface area contributed by atoms with Gasteiger partial charge in [-0.25, -0.2) is 14.4 Å². The van der Waals surface area contributed by atoms with E-state index in [9.17, 15) is 14.4 Å². The van der Waals surface area contributed by atoms with E-state index in [4.69, 9.17) is 9.47 Å². The minimum Gasteiger partial charge on any atom is -0.444 e. The van der Waals surface area contributed by atoms with Crippen molar-refractivity contribution in [2.45, 2.75) is 104 Å². The number of amides is 4. The van der Waals surface area contributed by atoms with Crippen molar-refractivity contribution in [3.8, 4) is 0 Å². The van der Waals surface area contributed by atoms with Crippen LogP contribution in [0, 0.1) is 0 Å². The molecule has 4 amide bonds. The molecular weight excluding hydrogens is 388 g/mol. The number of ether oxygens (including phenoxy) is 2. The summed E-state index contributed by atoms with van der Waals surface area (Å²) < 4.78 is 10.3. The van der Waals surface area contributed by atoms with E-state index >= 15 is 0 Å². The van der Waals surface area contributed by atoms with Crippen LogP contribution in [0.25, 0.3) is 0 Å². The highest BCUT2D eigenvalue weighted by atomic mass is 16.6. The maximum atomic E-state index is 12.1. The third kappa shape index (κ3) is 17.9. The Balaban J connectivity index is 3.85. The molecule has 0 saturated heterocycles. The van der Waals surface area contributed by atoms with Crippen LogP contribution in [0.4, 0.5) is 14.4 Å². The van der Waals surface area contributed by atoms with Crippen LogP contribution in [-0.4, -0.2) is 54.6 Å². The largest absolute Gasteiger partial charge is 0.444 e. The highest BCUT2D eigenvalue weighted by molar-refractivity contribution is 5.74. The molecule has 0 saturated carbocycles. The Morgan fingerprint density at radius 3 is 1.33 bits per heavy atom. The Kier molecular flexibility index (Phi) is 12.2. The first-order chi connectivity index (χ1) is 13.7. The van der Waals surface area contributed by atoms with Gasteiger partial charge in [-0.2, -0.15) is 0 Å². The fourth-order valence-corrected chi connectivity index (χ4v) is 2.46. The molecule has 176 valence electrons. The van der Waals surface area contributed by atoms with Crippen molar-refractivity contribution in [1.82, 2.24) is 21.3 Å². The quantitative estimate of drug-likeness (QED) is 0.394. The number of alkyl carbamates (subject to hydrolysis) is 2. The highest BCUT2D eigenvalue weighted by Gasteiger charge is 2.17. The van der Waals surface area contributed by atoms with Gasteiger partial charge in [-0.15, -0.1) is 0 Å². The lowest BCUT2D eigenvalue weighted by atomic mass is 10.1. The SMILES string of the molecule is CC(CCCNC(=O)OC(C)(C)C)NC(=O)NC(C)CCCNC(=O)OC(C)(C)C. The van der Waals surface area contributed by atoms with Crippen molar-refractivity contribution in [3.63, 3.8) is 0 Å². The number of urea groups is 1. The summed E-state index contributed by atoms with van der Waals surface area (Å²) in [5, 5.41) is 11.2. The van der Waals surface area contributed by atoms with E-state index in [2.05, 4.69) is 21.3 Å². The molecule has 2 atom stereocenters. The van der Waals surface area contributed by atoms with Gasteiger partial charge < -0.3 is 30.7 Å². The molecule has 0 fully saturated rings. The van der Waals surface area contributed by atoms with Crippen LogP contribution in [0.1, 0.15) is 81.1 Å². The van der Waals surface area contributed by atoms with Gasteiger partial charge in [-0.1, -0.05) is 0 Å². The highest BCUT2D eigenvalue weighted by Crippen LogP contribution is 2.07. The normalized spacial score (nSPS) is 13.6. The molecule has 9 nitrogen and oxygen atoms in total. The van der Waals surface area contributed by atoms with Crippen LogP contribution >= 0.6 is 0 Å². The summed E-state index contributed by atoms with van der Waals surface area (Å²) in [5.74, 6) is 0. The average molecular weight is 431 g/mol. The molecule has 9 heteroatoms. The van der Waals surface area contributed by atoms with Gasteiger partial charge in [0.05, 0.1) is 0 Å². The van der Waals surface area contributed by atoms with Gasteiger partial charge in [0.1, 0.15) is 11.2 Å². The smallest absolute Gasteiger partial charge is 0.407 e. The molecule has 0 aromatic rings. The molecule has 0 heterocycles. The number of carbonyl (C=O) groups is 3. The molecule has 0 rings (SSSR count). The molecule has 30 heavy (non-hydrogen) atoms. The fourth-order valence-electron chi connectivity index (χ4n) is 2.46. The van der Waals surface area contributed by atoms with Crippen molar-refractivity contribution in [3.05, 3.63) is 0 Å². The molecule has 0 radical (unpaired) electrons. The predicted molar refractivity (Wildman–Crippen MR) is 118 cm³/mol. The third-order valence-electron chi connectivity index (χ3n) is 3.72. The summed E-state index contributed by atoms with van der Waals surface area (Å²) in [7, 11) is 0. The minimum absolute atomic E-state index is 0.0218. The Morgan fingerprint density at radius 1 is 0.700 bits per heavy atom. The lowest BCUT2D eigenvalue weighted by molar-refractivity contribution is 0.0515. The maximum absolute atomic E-state index is 12.1. The lowest BCUT2D eigenvalue weighted by Crippen LogP contribution is -2.44. The van der Waals surface area contributed by atoms with E-state index in [1.807, 2.05) is 55.4 Å². The molecule has 0 bridgehead atoms. The Hall–Kier alpha value is -2.19. The number of nitrogens with one attached hydrogen (secondary N) is 4. The second-order valence-electron chi connectivity index (χ2n) is 9.56. The Bertz CT molecular complexity index is 494. The number of rotatable bonds is 10. The Labute approximate surface area is 181 Å². The van der Waals surface area contributed by atoms with E-state index in [1.54, 1.807) is 0 Å². The van der Waals surface area contributed by atoms with E-state index in [0.717, 1.165) is 25.7 Å². The van der Waals surface area contributed by atoms with Crippen molar-refractivity contribution >= 4 is 18.2 Å². The average Bonchev–Trinajstić information content (AvgIpc) is 2.52. The molecule has 0 aliphatic rings. The van der Waals surface area contributed by atoms with Crippen molar-refractivity contribution in [2.24, 2.45) is 0 Å². The zero-order valence-corrected chi connectivity index (χ0v) is 19.9. The first-order valence-corrected chi connectivity index (χ1v) is 10.7. The van der Waals surface area contributed by atoms with Crippen LogP contribution in [-0.2, 0) is 9.47 Å². The molecule has 2 unspecified atom stereocenters. The van der Waals surface area contributed by atoms with E-state index in [0.29, 0.717) is 13.1 Å². The lowest BCUT2D eigenvalue weighted by Gasteiger charge is -2.21. The molecule has 0 aliphatic carbocycles. The van der Waals surface area contributed by atoms with E-state index < -0.39 is 23.4 Å². The van der Waals surface area contributed by atoms with Gasteiger partial charge in [-0.05, 0) is 81.1 Å². The zero-order valence-electron chi connectivity index (χ0n) is 19.9. The third-order valence-corrected chi connectivity index (χ3v) is 3.72.